The van der Waals surface area contributed by atoms with Crippen molar-refractivity contribution in [3.05, 3.63) is 35.9 Å². The smallest absolute Gasteiger partial charge is 0.411 e. The summed E-state index contributed by atoms with van der Waals surface area (Å²) in [4.78, 5) is 26.8. The molecule has 0 aromatic heterocycles. The second-order valence-corrected chi connectivity index (χ2v) is 8.26. The molecule has 0 radical (unpaired) electrons. The van der Waals surface area contributed by atoms with Gasteiger partial charge in [-0.3, -0.25) is 4.90 Å². The monoisotopic (exact) mass is 345 g/mol. The predicted molar refractivity (Wildman–Crippen MR) is 93.9 cm³/mol. The van der Waals surface area contributed by atoms with Gasteiger partial charge in [0.25, 0.3) is 0 Å². The first-order valence-corrected chi connectivity index (χ1v) is 8.98. The molecule has 136 valence electrons. The Hall–Kier alpha value is -2.04. The van der Waals surface area contributed by atoms with Crippen LogP contribution >= 0.6 is 0 Å². The zero-order valence-corrected chi connectivity index (χ0v) is 15.3. The molecule has 1 aromatic rings. The molecule has 2 fully saturated rings. The maximum Gasteiger partial charge on any atom is 0.411 e. The van der Waals surface area contributed by atoms with E-state index in [2.05, 4.69) is 0 Å². The van der Waals surface area contributed by atoms with Crippen LogP contribution < -0.4 is 0 Å². The summed E-state index contributed by atoms with van der Waals surface area (Å²) in [7, 11) is 0. The zero-order chi connectivity index (χ0) is 18.1. The lowest BCUT2D eigenvalue weighted by molar-refractivity contribution is -0.153. The molecule has 5 heteroatoms. The second kappa shape index (κ2) is 6.70. The van der Waals surface area contributed by atoms with E-state index in [1.54, 1.807) is 4.90 Å². The summed E-state index contributed by atoms with van der Waals surface area (Å²) >= 11 is 0. The molecular weight excluding hydrogens is 318 g/mol. The molecule has 0 unspecified atom stereocenters. The van der Waals surface area contributed by atoms with Gasteiger partial charge in [-0.15, -0.1) is 0 Å². The molecule has 1 saturated heterocycles. The highest BCUT2D eigenvalue weighted by molar-refractivity contribution is 5.82. The van der Waals surface area contributed by atoms with Gasteiger partial charge in [-0.25, -0.2) is 9.59 Å². The molecule has 1 heterocycles. The van der Waals surface area contributed by atoms with Crippen LogP contribution in [0.5, 0.6) is 0 Å². The second-order valence-electron chi connectivity index (χ2n) is 8.26. The summed E-state index contributed by atoms with van der Waals surface area (Å²) in [6.45, 7) is 6.33. The van der Waals surface area contributed by atoms with Crippen molar-refractivity contribution in [2.75, 3.05) is 6.54 Å². The normalized spacial score (nSPS) is 21.7. The number of benzene rings is 1. The minimum absolute atomic E-state index is 0.202. The van der Waals surface area contributed by atoms with Crippen LogP contribution in [0.3, 0.4) is 0 Å². The van der Waals surface area contributed by atoms with Crippen LogP contribution in [0.25, 0.3) is 0 Å². The molecule has 3 rings (SSSR count). The van der Waals surface area contributed by atoms with E-state index >= 15 is 0 Å². The number of esters is 1. The Morgan fingerprint density at radius 2 is 1.84 bits per heavy atom. The number of hydrogen-bond donors (Lipinski definition) is 0. The highest BCUT2D eigenvalue weighted by Gasteiger charge is 2.51. The van der Waals surface area contributed by atoms with Crippen molar-refractivity contribution in [2.45, 2.75) is 64.7 Å². The summed E-state index contributed by atoms with van der Waals surface area (Å²) < 4.78 is 11.0. The van der Waals surface area contributed by atoms with E-state index in [0.717, 1.165) is 24.8 Å². The largest absolute Gasteiger partial charge is 0.459 e. The minimum atomic E-state index is -0.580. The van der Waals surface area contributed by atoms with E-state index in [-0.39, 0.29) is 18.0 Å². The molecular formula is C20H27NO4. The van der Waals surface area contributed by atoms with E-state index in [1.165, 1.54) is 0 Å². The maximum absolute atomic E-state index is 12.6. The third-order valence-electron chi connectivity index (χ3n) is 4.91. The van der Waals surface area contributed by atoms with Crippen LogP contribution in [0.2, 0.25) is 0 Å². The van der Waals surface area contributed by atoms with Gasteiger partial charge in [0.05, 0.1) is 0 Å². The molecule has 1 amide bonds. The summed E-state index contributed by atoms with van der Waals surface area (Å²) in [6.07, 6.45) is 3.44. The number of carbonyl (C=O) groups excluding carboxylic acids is 2. The average molecular weight is 345 g/mol. The van der Waals surface area contributed by atoms with Crippen LogP contribution in [-0.2, 0) is 20.9 Å². The Labute approximate surface area is 149 Å². The maximum atomic E-state index is 12.6. The zero-order valence-electron chi connectivity index (χ0n) is 15.3. The molecule has 1 spiro atoms. The Morgan fingerprint density at radius 3 is 2.44 bits per heavy atom. The SMILES string of the molecule is CC(C)(C)OC(=O)N1CC2(CC[C@H]1C(=O)OCc1ccccc1)CC2. The van der Waals surface area contributed by atoms with E-state index < -0.39 is 17.7 Å². The fourth-order valence-corrected chi connectivity index (χ4v) is 3.32. The molecule has 0 N–H and O–H groups in total. The summed E-state index contributed by atoms with van der Waals surface area (Å²) in [5, 5.41) is 0. The first-order chi connectivity index (χ1) is 11.8. The van der Waals surface area contributed by atoms with Crippen molar-refractivity contribution in [3.63, 3.8) is 0 Å². The highest BCUT2D eigenvalue weighted by atomic mass is 16.6. The van der Waals surface area contributed by atoms with Crippen molar-refractivity contribution in [1.29, 1.82) is 0 Å². The van der Waals surface area contributed by atoms with Gasteiger partial charge in [-0.1, -0.05) is 30.3 Å². The number of amides is 1. The molecule has 0 bridgehead atoms. The molecule has 2 aliphatic rings. The number of likely N-dealkylation sites (tertiary alicyclic amines) is 1. The number of carbonyl (C=O) groups is 2. The fraction of sp³-hybridized carbons (Fsp3) is 0.600. The van der Waals surface area contributed by atoms with Gasteiger partial charge < -0.3 is 9.47 Å². The molecule has 1 aromatic carbocycles. The third kappa shape index (κ3) is 4.53. The number of ether oxygens (including phenoxy) is 2. The highest BCUT2D eigenvalue weighted by Crippen LogP contribution is 2.53. The van der Waals surface area contributed by atoms with Crippen LogP contribution in [0.15, 0.2) is 30.3 Å². The Bertz CT molecular complexity index is 631. The average Bonchev–Trinajstić information content (AvgIpc) is 3.31. The number of piperidine rings is 1. The van der Waals surface area contributed by atoms with E-state index in [1.807, 2.05) is 51.1 Å². The van der Waals surface area contributed by atoms with Crippen molar-refractivity contribution in [2.24, 2.45) is 5.41 Å². The van der Waals surface area contributed by atoms with Crippen molar-refractivity contribution >= 4 is 12.1 Å². The lowest BCUT2D eigenvalue weighted by atomic mass is 9.90. The van der Waals surface area contributed by atoms with Crippen LogP contribution in [-0.4, -0.2) is 35.2 Å². The van der Waals surface area contributed by atoms with Gasteiger partial charge in [-0.2, -0.15) is 0 Å². The van der Waals surface area contributed by atoms with E-state index in [4.69, 9.17) is 9.47 Å². The lowest BCUT2D eigenvalue weighted by Gasteiger charge is -2.39. The summed E-state index contributed by atoms with van der Waals surface area (Å²) in [6, 6.07) is 9.02. The van der Waals surface area contributed by atoms with Gasteiger partial charge in [0, 0.05) is 6.54 Å². The van der Waals surface area contributed by atoms with Crippen molar-refractivity contribution < 1.29 is 19.1 Å². The van der Waals surface area contributed by atoms with Crippen molar-refractivity contribution in [3.8, 4) is 0 Å². The Morgan fingerprint density at radius 1 is 1.16 bits per heavy atom. The van der Waals surface area contributed by atoms with Crippen molar-refractivity contribution in [1.82, 2.24) is 4.90 Å². The number of rotatable bonds is 3. The summed E-state index contributed by atoms with van der Waals surface area (Å²) in [5.41, 5.74) is 0.561. The van der Waals surface area contributed by atoms with Gasteiger partial charge in [-0.05, 0) is 57.4 Å². The first-order valence-electron chi connectivity index (χ1n) is 8.98. The summed E-state index contributed by atoms with van der Waals surface area (Å²) in [5.74, 6) is -0.342. The third-order valence-corrected chi connectivity index (χ3v) is 4.91. The first kappa shape index (κ1) is 17.8. The van der Waals surface area contributed by atoms with Crippen LogP contribution in [0.1, 0.15) is 52.0 Å². The number of nitrogens with zero attached hydrogens (tertiary/aromatic N) is 1. The van der Waals surface area contributed by atoms with Gasteiger partial charge in [0.2, 0.25) is 0 Å². The molecule has 1 aliphatic heterocycles. The molecule has 1 saturated carbocycles. The van der Waals surface area contributed by atoms with E-state index in [9.17, 15) is 9.59 Å². The molecule has 5 nitrogen and oxygen atoms in total. The van der Waals surface area contributed by atoms with Gasteiger partial charge >= 0.3 is 12.1 Å². The fourth-order valence-electron chi connectivity index (χ4n) is 3.32. The standard InChI is InChI=1S/C20H27NO4/c1-19(2,3)25-18(23)21-14-20(11-12-20)10-9-16(21)17(22)24-13-15-7-5-4-6-8-15/h4-8,16H,9-14H2,1-3H3/t16-/m0/s1. The quantitative estimate of drug-likeness (QED) is 0.780. The van der Waals surface area contributed by atoms with Gasteiger partial charge in [0.15, 0.2) is 0 Å². The lowest BCUT2D eigenvalue weighted by Crippen LogP contribution is -2.53. The Balaban J connectivity index is 1.66. The molecule has 25 heavy (non-hydrogen) atoms. The number of hydrogen-bond acceptors (Lipinski definition) is 4. The van der Waals surface area contributed by atoms with E-state index in [0.29, 0.717) is 13.0 Å². The Kier molecular flexibility index (Phi) is 4.76. The predicted octanol–water partition coefficient (Wildman–Crippen LogP) is 3.91. The van der Waals surface area contributed by atoms with Crippen LogP contribution in [0, 0.1) is 5.41 Å². The van der Waals surface area contributed by atoms with Crippen LogP contribution in [0.4, 0.5) is 4.79 Å². The molecule has 1 aliphatic carbocycles. The minimum Gasteiger partial charge on any atom is -0.459 e. The van der Waals surface area contributed by atoms with Gasteiger partial charge in [0.1, 0.15) is 18.2 Å². The molecule has 1 atom stereocenters. The topological polar surface area (TPSA) is 55.8 Å².